The summed E-state index contributed by atoms with van der Waals surface area (Å²) in [5.41, 5.74) is 2.30. The highest BCUT2D eigenvalue weighted by Crippen LogP contribution is 2.41. The number of hydrogen-bond donors (Lipinski definition) is 1. The SMILES string of the molecule is CCc1cc(=O)c2c(C3CC3)noc2[nH]1. The van der Waals surface area contributed by atoms with Crippen LogP contribution in [0, 0.1) is 0 Å². The Kier molecular flexibility index (Phi) is 1.71. The van der Waals surface area contributed by atoms with Crippen LogP contribution in [0.15, 0.2) is 15.4 Å². The number of nitrogens with one attached hydrogen (secondary N) is 1. The van der Waals surface area contributed by atoms with Gasteiger partial charge < -0.3 is 9.51 Å². The van der Waals surface area contributed by atoms with Crippen molar-refractivity contribution in [3.8, 4) is 0 Å². The quantitative estimate of drug-likeness (QED) is 0.813. The summed E-state index contributed by atoms with van der Waals surface area (Å²) < 4.78 is 5.17. The van der Waals surface area contributed by atoms with Crippen molar-refractivity contribution in [1.29, 1.82) is 0 Å². The van der Waals surface area contributed by atoms with Gasteiger partial charge in [-0.25, -0.2) is 0 Å². The summed E-state index contributed by atoms with van der Waals surface area (Å²) in [5, 5.41) is 4.64. The lowest BCUT2D eigenvalue weighted by Gasteiger charge is -1.95. The molecule has 0 bridgehead atoms. The Morgan fingerprint density at radius 1 is 1.60 bits per heavy atom. The number of pyridine rings is 1. The largest absolute Gasteiger partial charge is 0.337 e. The second-order valence-corrected chi connectivity index (χ2v) is 4.06. The number of aryl methyl sites for hydroxylation is 1. The molecule has 1 fully saturated rings. The molecule has 1 aliphatic carbocycles. The molecule has 0 radical (unpaired) electrons. The van der Waals surface area contributed by atoms with Gasteiger partial charge in [-0.05, 0) is 19.3 Å². The summed E-state index contributed by atoms with van der Waals surface area (Å²) in [5.74, 6) is 0.444. The Labute approximate surface area is 86.3 Å². The zero-order chi connectivity index (χ0) is 10.4. The molecule has 0 atom stereocenters. The molecule has 2 aromatic heterocycles. The molecule has 4 nitrogen and oxygen atoms in total. The van der Waals surface area contributed by atoms with E-state index < -0.39 is 0 Å². The lowest BCUT2D eigenvalue weighted by Crippen LogP contribution is -2.04. The average Bonchev–Trinajstić information content (AvgIpc) is 2.99. The van der Waals surface area contributed by atoms with E-state index in [0.717, 1.165) is 30.7 Å². The summed E-state index contributed by atoms with van der Waals surface area (Å²) in [6.07, 6.45) is 3.04. The molecule has 15 heavy (non-hydrogen) atoms. The highest BCUT2D eigenvalue weighted by atomic mass is 16.5. The fourth-order valence-corrected chi connectivity index (χ4v) is 1.86. The first-order chi connectivity index (χ1) is 7.29. The fourth-order valence-electron chi connectivity index (χ4n) is 1.86. The Balaban J connectivity index is 2.30. The minimum Gasteiger partial charge on any atom is -0.337 e. The van der Waals surface area contributed by atoms with Crippen LogP contribution in [0.3, 0.4) is 0 Å². The predicted octanol–water partition coefficient (Wildman–Crippen LogP) is 1.96. The van der Waals surface area contributed by atoms with Gasteiger partial charge >= 0.3 is 0 Å². The zero-order valence-electron chi connectivity index (χ0n) is 8.54. The van der Waals surface area contributed by atoms with Crippen molar-refractivity contribution in [3.63, 3.8) is 0 Å². The molecule has 1 aliphatic rings. The predicted molar refractivity (Wildman–Crippen MR) is 56.0 cm³/mol. The van der Waals surface area contributed by atoms with E-state index in [9.17, 15) is 4.79 Å². The van der Waals surface area contributed by atoms with E-state index in [4.69, 9.17) is 4.52 Å². The monoisotopic (exact) mass is 204 g/mol. The van der Waals surface area contributed by atoms with Crippen LogP contribution in [0.1, 0.15) is 37.1 Å². The fraction of sp³-hybridized carbons (Fsp3) is 0.455. The molecule has 4 heteroatoms. The first kappa shape index (κ1) is 8.71. The third kappa shape index (κ3) is 1.28. The number of nitrogens with zero attached hydrogens (tertiary/aromatic N) is 1. The van der Waals surface area contributed by atoms with Gasteiger partial charge in [0.25, 0.3) is 0 Å². The first-order valence-electron chi connectivity index (χ1n) is 5.31. The lowest BCUT2D eigenvalue weighted by atomic mass is 10.2. The van der Waals surface area contributed by atoms with Crippen LogP contribution in [0.4, 0.5) is 0 Å². The lowest BCUT2D eigenvalue weighted by molar-refractivity contribution is 0.438. The van der Waals surface area contributed by atoms with E-state index in [-0.39, 0.29) is 5.43 Å². The van der Waals surface area contributed by atoms with Gasteiger partial charge in [-0.2, -0.15) is 0 Å². The minimum atomic E-state index is 0.0313. The molecule has 1 saturated carbocycles. The number of rotatable bonds is 2. The molecular formula is C11H12N2O2. The molecule has 0 aliphatic heterocycles. The molecule has 3 rings (SSSR count). The van der Waals surface area contributed by atoms with E-state index in [1.165, 1.54) is 0 Å². The molecule has 0 saturated heterocycles. The van der Waals surface area contributed by atoms with Crippen molar-refractivity contribution >= 4 is 11.1 Å². The molecule has 0 unspecified atom stereocenters. The Morgan fingerprint density at radius 2 is 2.40 bits per heavy atom. The number of H-pyrrole nitrogens is 1. The summed E-state index contributed by atoms with van der Waals surface area (Å²) in [4.78, 5) is 14.9. The highest BCUT2D eigenvalue weighted by Gasteiger charge is 2.30. The molecule has 2 heterocycles. The van der Waals surface area contributed by atoms with Crippen molar-refractivity contribution in [3.05, 3.63) is 27.7 Å². The van der Waals surface area contributed by atoms with Crippen LogP contribution in [0.2, 0.25) is 0 Å². The van der Waals surface area contributed by atoms with Crippen molar-refractivity contribution in [1.82, 2.24) is 10.1 Å². The Morgan fingerprint density at radius 3 is 3.07 bits per heavy atom. The number of hydrogen-bond acceptors (Lipinski definition) is 3. The van der Waals surface area contributed by atoms with Gasteiger partial charge in [0.1, 0.15) is 11.1 Å². The van der Waals surface area contributed by atoms with Crippen molar-refractivity contribution < 1.29 is 4.52 Å². The van der Waals surface area contributed by atoms with E-state index in [1.807, 2.05) is 6.92 Å². The maximum atomic E-state index is 11.9. The van der Waals surface area contributed by atoms with Crippen LogP contribution in [-0.2, 0) is 6.42 Å². The molecular weight excluding hydrogens is 192 g/mol. The summed E-state index contributed by atoms with van der Waals surface area (Å²) >= 11 is 0. The number of aromatic nitrogens is 2. The minimum absolute atomic E-state index is 0.0313. The molecule has 0 spiro atoms. The second kappa shape index (κ2) is 2.95. The molecule has 0 aromatic carbocycles. The van der Waals surface area contributed by atoms with Gasteiger partial charge in [-0.1, -0.05) is 12.1 Å². The first-order valence-corrected chi connectivity index (χ1v) is 5.31. The van der Waals surface area contributed by atoms with Gasteiger partial charge in [-0.3, -0.25) is 4.79 Å². The normalized spacial score (nSPS) is 16.1. The zero-order valence-corrected chi connectivity index (χ0v) is 8.54. The maximum absolute atomic E-state index is 11.9. The van der Waals surface area contributed by atoms with Crippen LogP contribution in [0.5, 0.6) is 0 Å². The molecule has 1 N–H and O–H groups in total. The maximum Gasteiger partial charge on any atom is 0.240 e. The molecule has 78 valence electrons. The van der Waals surface area contributed by atoms with Gasteiger partial charge in [0, 0.05) is 17.7 Å². The number of fused-ring (bicyclic) bond motifs is 1. The van der Waals surface area contributed by atoms with Gasteiger partial charge in [-0.15, -0.1) is 0 Å². The average molecular weight is 204 g/mol. The number of aromatic amines is 1. The van der Waals surface area contributed by atoms with Crippen molar-refractivity contribution in [2.75, 3.05) is 0 Å². The topological polar surface area (TPSA) is 58.9 Å². The molecule has 0 amide bonds. The summed E-state index contributed by atoms with van der Waals surface area (Å²) in [7, 11) is 0. The highest BCUT2D eigenvalue weighted by molar-refractivity contribution is 5.76. The molecule has 2 aromatic rings. The van der Waals surface area contributed by atoms with E-state index in [0.29, 0.717) is 17.0 Å². The van der Waals surface area contributed by atoms with Crippen LogP contribution < -0.4 is 5.43 Å². The van der Waals surface area contributed by atoms with E-state index in [2.05, 4.69) is 10.1 Å². The van der Waals surface area contributed by atoms with Gasteiger partial charge in [0.15, 0.2) is 5.43 Å². The third-order valence-electron chi connectivity index (χ3n) is 2.89. The van der Waals surface area contributed by atoms with Crippen LogP contribution >= 0.6 is 0 Å². The second-order valence-electron chi connectivity index (χ2n) is 4.06. The summed E-state index contributed by atoms with van der Waals surface area (Å²) in [6, 6.07) is 1.64. The standard InChI is InChI=1S/C11H12N2O2/c1-2-7-5-8(14)9-10(6-3-4-6)13-15-11(9)12-7/h5-6H,2-4H2,1H3,(H,12,14). The van der Waals surface area contributed by atoms with E-state index >= 15 is 0 Å². The van der Waals surface area contributed by atoms with E-state index in [1.54, 1.807) is 6.07 Å². The van der Waals surface area contributed by atoms with Crippen LogP contribution in [0.25, 0.3) is 11.1 Å². The van der Waals surface area contributed by atoms with Gasteiger partial charge in [0.05, 0.1) is 0 Å². The van der Waals surface area contributed by atoms with Crippen molar-refractivity contribution in [2.24, 2.45) is 0 Å². The van der Waals surface area contributed by atoms with Crippen molar-refractivity contribution in [2.45, 2.75) is 32.1 Å². The summed E-state index contributed by atoms with van der Waals surface area (Å²) in [6.45, 7) is 2.00. The third-order valence-corrected chi connectivity index (χ3v) is 2.89. The van der Waals surface area contributed by atoms with Crippen LogP contribution in [-0.4, -0.2) is 10.1 Å². The Hall–Kier alpha value is -1.58. The van der Waals surface area contributed by atoms with Gasteiger partial charge in [0.2, 0.25) is 5.71 Å². The smallest absolute Gasteiger partial charge is 0.240 e. The Bertz CT molecular complexity index is 563.